The molecule has 5 N–H and O–H groups in total. The number of hydroxylamine groups is 1. The van der Waals surface area contributed by atoms with Gasteiger partial charge in [-0.05, 0) is 36.8 Å². The topological polar surface area (TPSA) is 150 Å². The largest absolute Gasteiger partial charge is 0.479 e. The third-order valence-electron chi connectivity index (χ3n) is 5.12. The summed E-state index contributed by atoms with van der Waals surface area (Å²) in [5.74, 6) is 0.547. The van der Waals surface area contributed by atoms with Crippen LogP contribution in [0.5, 0.6) is 0 Å². The van der Waals surface area contributed by atoms with Crippen LogP contribution in [0.15, 0.2) is 24.3 Å². The van der Waals surface area contributed by atoms with E-state index in [0.717, 1.165) is 0 Å². The summed E-state index contributed by atoms with van der Waals surface area (Å²) < 4.78 is 0. The third-order valence-corrected chi connectivity index (χ3v) is 5.12. The van der Waals surface area contributed by atoms with Crippen LogP contribution < -0.4 is 11.3 Å². The number of ketones is 1. The van der Waals surface area contributed by atoms with Crippen LogP contribution in [0.4, 0.5) is 0 Å². The number of amides is 2. The molecule has 0 aliphatic carbocycles. The molecule has 0 unspecified atom stereocenters. The number of nitrogens with one attached hydrogen (secondary N) is 1. The molecule has 0 fully saturated rings. The van der Waals surface area contributed by atoms with Gasteiger partial charge in [0.1, 0.15) is 11.3 Å². The number of rotatable bonds is 6. The van der Waals surface area contributed by atoms with Crippen molar-refractivity contribution in [1.82, 2.24) is 10.5 Å². The molecule has 0 spiro atoms. The minimum atomic E-state index is -1.68. The third kappa shape index (κ3) is 3.76. The van der Waals surface area contributed by atoms with Gasteiger partial charge in [-0.15, -0.1) is 0 Å². The zero-order chi connectivity index (χ0) is 21.2. The first-order valence-corrected chi connectivity index (χ1v) is 8.91. The van der Waals surface area contributed by atoms with Gasteiger partial charge in [0.2, 0.25) is 5.91 Å². The summed E-state index contributed by atoms with van der Waals surface area (Å²) in [6.07, 6.45) is 0.00823. The molecule has 152 valence electrons. The maximum atomic E-state index is 13.3. The lowest BCUT2D eigenvalue weighted by atomic mass is 9.72. The lowest BCUT2D eigenvalue weighted by Crippen LogP contribution is -2.53. The van der Waals surface area contributed by atoms with Crippen molar-refractivity contribution in [1.29, 1.82) is 0 Å². The number of carboxylic acid groups (broad SMARTS) is 1. The molecule has 1 heterocycles. The van der Waals surface area contributed by atoms with Gasteiger partial charge < -0.3 is 5.11 Å². The van der Waals surface area contributed by atoms with Crippen molar-refractivity contribution in [2.75, 3.05) is 0 Å². The van der Waals surface area contributed by atoms with E-state index in [1.807, 2.05) is 0 Å². The number of carbonyl (C=O) groups excluding carboxylic acids is 3. The highest BCUT2D eigenvalue weighted by Gasteiger charge is 2.50. The summed E-state index contributed by atoms with van der Waals surface area (Å²) in [4.78, 5) is 50.3. The monoisotopic (exact) mass is 391 g/mol. The minimum Gasteiger partial charge on any atom is -0.479 e. The number of carbonyl (C=O) groups is 4. The van der Waals surface area contributed by atoms with Crippen molar-refractivity contribution in [3.8, 4) is 0 Å². The molecule has 0 saturated heterocycles. The lowest BCUT2D eigenvalue weighted by molar-refractivity contribution is -0.158. The Balaban J connectivity index is 2.56. The number of nitrogens with zero attached hydrogens (tertiary/aromatic N) is 1. The van der Waals surface area contributed by atoms with Gasteiger partial charge in [0.25, 0.3) is 5.91 Å². The first-order chi connectivity index (χ1) is 13.0. The molecule has 2 amide bonds. The summed E-state index contributed by atoms with van der Waals surface area (Å²) in [5, 5.41) is 19.2. The van der Waals surface area contributed by atoms with Gasteiger partial charge in [-0.1, -0.05) is 38.1 Å². The number of hydrazine groups is 1. The zero-order valence-corrected chi connectivity index (χ0v) is 16.0. The van der Waals surface area contributed by atoms with Crippen molar-refractivity contribution in [2.45, 2.75) is 39.7 Å². The molecule has 0 bridgehead atoms. The quantitative estimate of drug-likeness (QED) is 0.184. The van der Waals surface area contributed by atoms with Gasteiger partial charge in [0.15, 0.2) is 11.8 Å². The first kappa shape index (κ1) is 21.5. The highest BCUT2D eigenvalue weighted by molar-refractivity contribution is 6.14. The second-order valence-electron chi connectivity index (χ2n) is 7.68. The number of nitrogens with two attached hydrogens (primary N) is 1. The summed E-state index contributed by atoms with van der Waals surface area (Å²) in [6, 6.07) is 5.02. The Hall–Kier alpha value is -2.78. The van der Waals surface area contributed by atoms with Crippen molar-refractivity contribution in [3.63, 3.8) is 0 Å². The number of fused-ring (bicyclic) bond motifs is 1. The standard InChI is InChI=1S/C19H25N3O6/c1-10(2)9-19(3,18(27)21-28)15(23)13-8-11-6-4-5-7-12(11)14(17(25)26)22(20)16(13)24/h4-7,10,13-14,28H,8-9,20H2,1-3H3,(H,21,27)(H,25,26)/t13-,14+,19+/m0/s1. The van der Waals surface area contributed by atoms with E-state index in [4.69, 9.17) is 11.0 Å². The van der Waals surface area contributed by atoms with Crippen LogP contribution in [-0.4, -0.2) is 38.9 Å². The number of benzene rings is 1. The van der Waals surface area contributed by atoms with E-state index in [2.05, 4.69) is 0 Å². The molecule has 3 atom stereocenters. The normalized spacial score (nSPS) is 21.5. The van der Waals surface area contributed by atoms with E-state index < -0.39 is 40.9 Å². The summed E-state index contributed by atoms with van der Waals surface area (Å²) in [5.41, 5.74) is 0.640. The van der Waals surface area contributed by atoms with Gasteiger partial charge >= 0.3 is 5.97 Å². The van der Waals surface area contributed by atoms with Gasteiger partial charge in [0, 0.05) is 0 Å². The van der Waals surface area contributed by atoms with E-state index in [0.29, 0.717) is 16.1 Å². The van der Waals surface area contributed by atoms with E-state index in [1.165, 1.54) is 12.4 Å². The number of aliphatic carboxylic acids is 1. The van der Waals surface area contributed by atoms with Crippen LogP contribution in [0.2, 0.25) is 0 Å². The van der Waals surface area contributed by atoms with Gasteiger partial charge in [-0.2, -0.15) is 0 Å². The van der Waals surface area contributed by atoms with Crippen molar-refractivity contribution >= 4 is 23.6 Å². The van der Waals surface area contributed by atoms with Crippen LogP contribution in [0.3, 0.4) is 0 Å². The Labute approximate surface area is 162 Å². The van der Waals surface area contributed by atoms with E-state index >= 15 is 0 Å². The predicted molar refractivity (Wildman–Crippen MR) is 97.5 cm³/mol. The van der Waals surface area contributed by atoms with Crippen LogP contribution in [0, 0.1) is 17.3 Å². The smallest absolute Gasteiger partial charge is 0.332 e. The molecule has 28 heavy (non-hydrogen) atoms. The van der Waals surface area contributed by atoms with Crippen LogP contribution in [-0.2, 0) is 25.6 Å². The van der Waals surface area contributed by atoms with Crippen molar-refractivity contribution < 1.29 is 29.5 Å². The van der Waals surface area contributed by atoms with E-state index in [-0.39, 0.29) is 18.8 Å². The molecular formula is C19H25N3O6. The molecular weight excluding hydrogens is 366 g/mol. The molecule has 0 aromatic heterocycles. The van der Waals surface area contributed by atoms with E-state index in [1.54, 1.807) is 38.1 Å². The molecule has 1 aliphatic heterocycles. The average molecular weight is 391 g/mol. The number of carboxylic acids is 1. The second kappa shape index (κ2) is 8.07. The van der Waals surface area contributed by atoms with Gasteiger partial charge in [0.05, 0.1) is 0 Å². The average Bonchev–Trinajstić information content (AvgIpc) is 2.74. The van der Waals surface area contributed by atoms with E-state index in [9.17, 15) is 24.3 Å². The molecule has 2 rings (SSSR count). The zero-order valence-electron chi connectivity index (χ0n) is 16.0. The fourth-order valence-corrected chi connectivity index (χ4v) is 3.84. The summed E-state index contributed by atoms with van der Waals surface area (Å²) >= 11 is 0. The molecule has 1 aromatic rings. The number of hydrogen-bond donors (Lipinski definition) is 4. The Bertz CT molecular complexity index is 809. The van der Waals surface area contributed by atoms with Crippen LogP contribution in [0.25, 0.3) is 0 Å². The number of Topliss-reactive ketones (excluding diaryl/α,β-unsaturated/α-hetero) is 1. The van der Waals surface area contributed by atoms with Gasteiger partial charge in [-0.25, -0.2) is 16.1 Å². The minimum absolute atomic E-state index is 0.0832. The maximum Gasteiger partial charge on any atom is 0.332 e. The first-order valence-electron chi connectivity index (χ1n) is 8.91. The Morgan fingerprint density at radius 3 is 2.46 bits per heavy atom. The fourth-order valence-electron chi connectivity index (χ4n) is 3.84. The lowest BCUT2D eigenvalue weighted by Gasteiger charge is -2.31. The SMILES string of the molecule is CC(C)C[C@@](C)(C(=O)NO)C(=O)[C@@H]1Cc2ccccc2[C@H](C(=O)O)N(N)C1=O. The summed E-state index contributed by atoms with van der Waals surface area (Å²) in [7, 11) is 0. The fraction of sp³-hybridized carbons (Fsp3) is 0.474. The second-order valence-corrected chi connectivity index (χ2v) is 7.68. The molecule has 0 radical (unpaired) electrons. The molecule has 0 saturated carbocycles. The van der Waals surface area contributed by atoms with Gasteiger partial charge in [-0.3, -0.25) is 24.6 Å². The Morgan fingerprint density at radius 1 is 1.32 bits per heavy atom. The predicted octanol–water partition coefficient (Wildman–Crippen LogP) is 0.814. The molecule has 1 aromatic carbocycles. The highest BCUT2D eigenvalue weighted by atomic mass is 16.5. The Morgan fingerprint density at radius 2 is 1.93 bits per heavy atom. The Kier molecular flexibility index (Phi) is 6.20. The van der Waals surface area contributed by atoms with Crippen molar-refractivity contribution in [3.05, 3.63) is 35.4 Å². The maximum absolute atomic E-state index is 13.3. The molecule has 9 nitrogen and oxygen atoms in total. The molecule has 1 aliphatic rings. The number of hydrogen-bond acceptors (Lipinski definition) is 6. The van der Waals surface area contributed by atoms with Crippen LogP contribution >= 0.6 is 0 Å². The molecule has 9 heteroatoms. The van der Waals surface area contributed by atoms with Crippen molar-refractivity contribution in [2.24, 2.45) is 23.1 Å². The highest BCUT2D eigenvalue weighted by Crippen LogP contribution is 2.36. The van der Waals surface area contributed by atoms with Crippen LogP contribution in [0.1, 0.15) is 44.4 Å². The summed E-state index contributed by atoms with van der Waals surface area (Å²) in [6.45, 7) is 4.96.